The Morgan fingerprint density at radius 1 is 1.25 bits per heavy atom. The van der Waals surface area contributed by atoms with Crippen molar-refractivity contribution in [3.8, 4) is 11.5 Å². The molecule has 5 nitrogen and oxygen atoms in total. The van der Waals surface area contributed by atoms with Crippen LogP contribution in [0.25, 0.3) is 0 Å². The van der Waals surface area contributed by atoms with E-state index in [1.54, 1.807) is 38.3 Å². The van der Waals surface area contributed by atoms with Gasteiger partial charge in [0.1, 0.15) is 11.5 Å². The second-order valence-electron chi connectivity index (χ2n) is 4.41. The van der Waals surface area contributed by atoms with Gasteiger partial charge in [0.05, 0.1) is 18.5 Å². The molecule has 2 rings (SSSR count). The van der Waals surface area contributed by atoms with Crippen LogP contribution in [0.3, 0.4) is 0 Å². The van der Waals surface area contributed by atoms with Crippen LogP contribution < -0.4 is 15.8 Å². The predicted molar refractivity (Wildman–Crippen MR) is 78.2 cm³/mol. The van der Waals surface area contributed by atoms with Gasteiger partial charge in [-0.1, -0.05) is 0 Å². The molecule has 0 bridgehead atoms. The topological polar surface area (TPSA) is 84.6 Å². The summed E-state index contributed by atoms with van der Waals surface area (Å²) in [5, 5.41) is 12.1. The van der Waals surface area contributed by atoms with Gasteiger partial charge in [0.2, 0.25) is 0 Å². The average molecular weight is 272 g/mol. The molecule has 0 unspecified atom stereocenters. The lowest BCUT2D eigenvalue weighted by Gasteiger charge is -2.11. The maximum absolute atomic E-state index is 12.2. The Morgan fingerprint density at radius 2 is 2.00 bits per heavy atom. The van der Waals surface area contributed by atoms with E-state index in [-0.39, 0.29) is 11.7 Å². The van der Waals surface area contributed by atoms with Gasteiger partial charge in [0.15, 0.2) is 0 Å². The lowest BCUT2D eigenvalue weighted by atomic mass is 10.1. The zero-order valence-corrected chi connectivity index (χ0v) is 11.3. The van der Waals surface area contributed by atoms with E-state index in [9.17, 15) is 9.90 Å². The molecule has 2 aromatic carbocycles. The predicted octanol–water partition coefficient (Wildman–Crippen LogP) is 2.54. The fourth-order valence-electron chi connectivity index (χ4n) is 1.86. The number of aryl methyl sites for hydroxylation is 1. The van der Waals surface area contributed by atoms with Crippen molar-refractivity contribution in [2.45, 2.75) is 6.92 Å². The summed E-state index contributed by atoms with van der Waals surface area (Å²) in [7, 11) is 1.54. The number of amides is 1. The highest BCUT2D eigenvalue weighted by molar-refractivity contribution is 6.06. The molecule has 0 atom stereocenters. The van der Waals surface area contributed by atoms with Gasteiger partial charge in [-0.05, 0) is 42.8 Å². The Kier molecular flexibility index (Phi) is 3.79. The quantitative estimate of drug-likeness (QED) is 0.750. The van der Waals surface area contributed by atoms with Crippen LogP contribution in [0, 0.1) is 6.92 Å². The summed E-state index contributed by atoms with van der Waals surface area (Å²) in [5.74, 6) is 0.444. The van der Waals surface area contributed by atoms with Crippen molar-refractivity contribution in [3.63, 3.8) is 0 Å². The first kappa shape index (κ1) is 13.7. The van der Waals surface area contributed by atoms with Crippen LogP contribution in [0.5, 0.6) is 11.5 Å². The molecule has 0 spiro atoms. The molecule has 0 fully saturated rings. The number of rotatable bonds is 3. The fraction of sp³-hybridized carbons (Fsp3) is 0.133. The number of hydrogen-bond acceptors (Lipinski definition) is 4. The molecule has 0 radical (unpaired) electrons. The number of nitrogens with one attached hydrogen (secondary N) is 1. The second-order valence-corrected chi connectivity index (χ2v) is 4.41. The molecule has 0 saturated heterocycles. The molecule has 0 saturated carbocycles. The molecule has 0 aromatic heterocycles. The summed E-state index contributed by atoms with van der Waals surface area (Å²) in [6, 6.07) is 9.61. The first-order chi connectivity index (χ1) is 9.51. The molecular formula is C15H16N2O3. The normalized spacial score (nSPS) is 10.1. The molecule has 1 amide bonds. The van der Waals surface area contributed by atoms with Crippen LogP contribution in [-0.2, 0) is 0 Å². The number of methoxy groups -OCH3 is 1. The van der Waals surface area contributed by atoms with E-state index < -0.39 is 0 Å². The summed E-state index contributed by atoms with van der Waals surface area (Å²) in [4.78, 5) is 12.2. The van der Waals surface area contributed by atoms with Crippen molar-refractivity contribution in [3.05, 3.63) is 47.5 Å². The SMILES string of the molecule is COc1ccc(N)c(NC(=O)c2ccc(O)cc2C)c1. The second kappa shape index (κ2) is 5.52. The van der Waals surface area contributed by atoms with Gasteiger partial charge in [0.25, 0.3) is 5.91 Å². The van der Waals surface area contributed by atoms with Gasteiger partial charge in [-0.15, -0.1) is 0 Å². The number of benzene rings is 2. The number of carbonyl (C=O) groups excluding carboxylic acids is 1. The van der Waals surface area contributed by atoms with Gasteiger partial charge >= 0.3 is 0 Å². The minimum absolute atomic E-state index is 0.125. The first-order valence-corrected chi connectivity index (χ1v) is 6.05. The summed E-state index contributed by atoms with van der Waals surface area (Å²) in [5.41, 5.74) is 7.93. The lowest BCUT2D eigenvalue weighted by Crippen LogP contribution is -2.14. The Hall–Kier alpha value is -2.69. The van der Waals surface area contributed by atoms with Crippen molar-refractivity contribution in [2.75, 3.05) is 18.2 Å². The standard InChI is InChI=1S/C15H16N2O3/c1-9-7-10(18)3-5-12(9)15(19)17-14-8-11(20-2)4-6-13(14)16/h3-8,18H,16H2,1-2H3,(H,17,19). The zero-order valence-electron chi connectivity index (χ0n) is 11.3. The van der Waals surface area contributed by atoms with E-state index in [0.29, 0.717) is 28.3 Å². The first-order valence-electron chi connectivity index (χ1n) is 6.05. The van der Waals surface area contributed by atoms with E-state index >= 15 is 0 Å². The van der Waals surface area contributed by atoms with Gasteiger partial charge in [-0.3, -0.25) is 4.79 Å². The molecule has 2 aromatic rings. The average Bonchev–Trinajstić information content (AvgIpc) is 2.41. The number of hydrogen-bond donors (Lipinski definition) is 3. The van der Waals surface area contributed by atoms with Gasteiger partial charge < -0.3 is 20.9 Å². The number of nitrogens with two attached hydrogens (primary N) is 1. The highest BCUT2D eigenvalue weighted by Gasteiger charge is 2.11. The molecule has 0 aliphatic heterocycles. The van der Waals surface area contributed by atoms with E-state index in [0.717, 1.165) is 0 Å². The van der Waals surface area contributed by atoms with Gasteiger partial charge in [-0.2, -0.15) is 0 Å². The van der Waals surface area contributed by atoms with E-state index in [4.69, 9.17) is 10.5 Å². The molecule has 0 heterocycles. The number of carbonyl (C=O) groups is 1. The van der Waals surface area contributed by atoms with Crippen molar-refractivity contribution in [2.24, 2.45) is 0 Å². The molecule has 0 aliphatic carbocycles. The minimum Gasteiger partial charge on any atom is -0.508 e. The molecule has 104 valence electrons. The Morgan fingerprint density at radius 3 is 2.65 bits per heavy atom. The third kappa shape index (κ3) is 2.83. The van der Waals surface area contributed by atoms with Crippen LogP contribution in [0.4, 0.5) is 11.4 Å². The van der Waals surface area contributed by atoms with E-state index in [1.807, 2.05) is 0 Å². The highest BCUT2D eigenvalue weighted by Crippen LogP contribution is 2.25. The Balaban J connectivity index is 2.27. The number of ether oxygens (including phenoxy) is 1. The van der Waals surface area contributed by atoms with Crippen molar-refractivity contribution < 1.29 is 14.6 Å². The van der Waals surface area contributed by atoms with Gasteiger partial charge in [-0.25, -0.2) is 0 Å². The number of phenolic OH excluding ortho intramolecular Hbond substituents is 1. The Labute approximate surface area is 117 Å². The van der Waals surface area contributed by atoms with Crippen LogP contribution >= 0.6 is 0 Å². The lowest BCUT2D eigenvalue weighted by molar-refractivity contribution is 0.102. The van der Waals surface area contributed by atoms with Crippen molar-refractivity contribution >= 4 is 17.3 Å². The molecule has 4 N–H and O–H groups in total. The largest absolute Gasteiger partial charge is 0.508 e. The zero-order chi connectivity index (χ0) is 14.7. The monoisotopic (exact) mass is 272 g/mol. The summed E-state index contributed by atoms with van der Waals surface area (Å²) < 4.78 is 5.10. The molecule has 0 aliphatic rings. The minimum atomic E-state index is -0.289. The highest BCUT2D eigenvalue weighted by atomic mass is 16.5. The summed E-state index contributed by atoms with van der Waals surface area (Å²) in [6.45, 7) is 1.75. The molecular weight excluding hydrogens is 256 g/mol. The summed E-state index contributed by atoms with van der Waals surface area (Å²) in [6.07, 6.45) is 0. The maximum Gasteiger partial charge on any atom is 0.255 e. The van der Waals surface area contributed by atoms with Crippen LogP contribution in [0.15, 0.2) is 36.4 Å². The number of anilines is 2. The maximum atomic E-state index is 12.2. The number of nitrogen functional groups attached to an aromatic ring is 1. The number of aromatic hydroxyl groups is 1. The van der Waals surface area contributed by atoms with E-state index in [2.05, 4.69) is 5.32 Å². The smallest absolute Gasteiger partial charge is 0.255 e. The number of phenols is 1. The van der Waals surface area contributed by atoms with Crippen LogP contribution in [0.1, 0.15) is 15.9 Å². The van der Waals surface area contributed by atoms with Gasteiger partial charge in [0, 0.05) is 11.6 Å². The van der Waals surface area contributed by atoms with Crippen molar-refractivity contribution in [1.29, 1.82) is 0 Å². The Bertz CT molecular complexity index is 654. The van der Waals surface area contributed by atoms with Crippen LogP contribution in [0.2, 0.25) is 0 Å². The van der Waals surface area contributed by atoms with Crippen molar-refractivity contribution in [1.82, 2.24) is 0 Å². The van der Waals surface area contributed by atoms with E-state index in [1.165, 1.54) is 12.1 Å². The molecule has 20 heavy (non-hydrogen) atoms. The fourth-order valence-corrected chi connectivity index (χ4v) is 1.86. The summed E-state index contributed by atoms with van der Waals surface area (Å²) >= 11 is 0. The molecule has 5 heteroatoms. The third-order valence-electron chi connectivity index (χ3n) is 2.96. The van der Waals surface area contributed by atoms with Crippen LogP contribution in [-0.4, -0.2) is 18.1 Å². The third-order valence-corrected chi connectivity index (χ3v) is 2.96.